The van der Waals surface area contributed by atoms with Crippen molar-refractivity contribution in [2.75, 3.05) is 13.1 Å². The molecule has 1 saturated carbocycles. The van der Waals surface area contributed by atoms with E-state index in [4.69, 9.17) is 35.4 Å². The zero-order valence-corrected chi connectivity index (χ0v) is 13.8. The summed E-state index contributed by atoms with van der Waals surface area (Å²) < 4.78 is 0. The smallest absolute Gasteiger partial charge is 0.195 e. The number of aliphatic hydroxyl groups is 1. The second-order valence-electron chi connectivity index (χ2n) is 5.74. The van der Waals surface area contributed by atoms with Crippen molar-refractivity contribution in [1.82, 2.24) is 4.90 Å². The van der Waals surface area contributed by atoms with Gasteiger partial charge in [-0.05, 0) is 36.7 Å². The van der Waals surface area contributed by atoms with E-state index in [1.54, 1.807) is 6.21 Å². The summed E-state index contributed by atoms with van der Waals surface area (Å²) >= 11 is 18.0. The van der Waals surface area contributed by atoms with Crippen LogP contribution in [0, 0.1) is 0 Å². The summed E-state index contributed by atoms with van der Waals surface area (Å²) in [4.78, 5) is 5.37. The average Bonchev–Trinajstić information content (AvgIpc) is 3.09. The van der Waals surface area contributed by atoms with Gasteiger partial charge in [0.15, 0.2) is 5.11 Å². The molecule has 1 fully saturated rings. The maximum atomic E-state index is 11.2. The lowest BCUT2D eigenvalue weighted by Crippen LogP contribution is -2.52. The maximum absolute atomic E-state index is 11.2. The largest absolute Gasteiger partial charge is 0.386 e. The quantitative estimate of drug-likeness (QED) is 0.659. The summed E-state index contributed by atoms with van der Waals surface area (Å²) in [5, 5.41) is 12.4. The first-order valence-corrected chi connectivity index (χ1v) is 8.06. The van der Waals surface area contributed by atoms with Crippen molar-refractivity contribution in [2.45, 2.75) is 29.7 Å². The zero-order chi connectivity index (χ0) is 15.1. The fourth-order valence-corrected chi connectivity index (χ4v) is 3.35. The Morgan fingerprint density at radius 3 is 2.67 bits per heavy atom. The van der Waals surface area contributed by atoms with E-state index in [9.17, 15) is 5.11 Å². The van der Waals surface area contributed by atoms with E-state index in [-0.39, 0.29) is 0 Å². The van der Waals surface area contributed by atoms with Crippen molar-refractivity contribution < 1.29 is 5.11 Å². The summed E-state index contributed by atoms with van der Waals surface area (Å²) in [6, 6.07) is 7.55. The highest BCUT2D eigenvalue weighted by atomic mass is 35.5. The summed E-state index contributed by atoms with van der Waals surface area (Å²) in [5.41, 5.74) is -0.170. The third-order valence-electron chi connectivity index (χ3n) is 4.19. The monoisotopic (exact) mass is 342 g/mol. The Bertz CT molecular complexity index is 603. The van der Waals surface area contributed by atoms with Gasteiger partial charge in [0.25, 0.3) is 0 Å². The highest BCUT2D eigenvalue weighted by molar-refractivity contribution is 7.80. The molecular formula is C15H16Cl2N2OS. The van der Waals surface area contributed by atoms with Crippen molar-refractivity contribution in [1.29, 1.82) is 0 Å². The number of hydrogen-bond acceptors (Lipinski definition) is 2. The maximum Gasteiger partial charge on any atom is 0.195 e. The van der Waals surface area contributed by atoms with Gasteiger partial charge >= 0.3 is 0 Å². The molecule has 1 aliphatic carbocycles. The van der Waals surface area contributed by atoms with E-state index < -0.39 is 10.5 Å². The standard InChI is InChI=1S/C15H16Cl2N2OS/c16-12-4-2-1-3-11(12)9-15(20,14(17)5-6-14)10-19-8-7-18-13(19)21/h1-4,7,20H,5-6,8-10H2. The number of rotatable bonds is 5. The molecule has 3 rings (SSSR count). The molecule has 1 unspecified atom stereocenters. The molecule has 1 N–H and O–H groups in total. The second-order valence-corrected chi connectivity index (χ2v) is 7.24. The van der Waals surface area contributed by atoms with Gasteiger partial charge in [0.05, 0.1) is 18.0 Å². The summed E-state index contributed by atoms with van der Waals surface area (Å²) in [6.45, 7) is 0.997. The first-order chi connectivity index (χ1) is 9.94. The molecule has 112 valence electrons. The average molecular weight is 343 g/mol. The van der Waals surface area contributed by atoms with Crippen molar-refractivity contribution in [3.8, 4) is 0 Å². The van der Waals surface area contributed by atoms with Crippen LogP contribution in [0.25, 0.3) is 0 Å². The Morgan fingerprint density at radius 1 is 1.38 bits per heavy atom. The number of alkyl halides is 1. The molecule has 0 saturated heterocycles. The number of thiocarbonyl (C=S) groups is 1. The SMILES string of the molecule is OC(Cc1ccccc1Cl)(CN1CC=NC1=S)C1(Cl)CC1. The van der Waals surface area contributed by atoms with Crippen LogP contribution < -0.4 is 0 Å². The third kappa shape index (κ3) is 2.95. The molecule has 0 aromatic heterocycles. The minimum Gasteiger partial charge on any atom is -0.386 e. The van der Waals surface area contributed by atoms with Crippen LogP contribution in [0.15, 0.2) is 29.3 Å². The molecule has 1 aromatic rings. The Hall–Kier alpha value is -0.680. The fraction of sp³-hybridized carbons (Fsp3) is 0.467. The minimum absolute atomic E-state index is 0.376. The van der Waals surface area contributed by atoms with Crippen molar-refractivity contribution in [2.24, 2.45) is 4.99 Å². The molecule has 0 spiro atoms. The van der Waals surface area contributed by atoms with Crippen LogP contribution in [0.3, 0.4) is 0 Å². The van der Waals surface area contributed by atoms with Gasteiger partial charge < -0.3 is 10.0 Å². The lowest BCUT2D eigenvalue weighted by molar-refractivity contribution is 0.0118. The van der Waals surface area contributed by atoms with E-state index in [2.05, 4.69) is 4.99 Å². The highest BCUT2D eigenvalue weighted by Crippen LogP contribution is 2.52. The number of benzene rings is 1. The fourth-order valence-electron chi connectivity index (χ4n) is 2.71. The van der Waals surface area contributed by atoms with E-state index >= 15 is 0 Å². The van der Waals surface area contributed by atoms with Crippen LogP contribution in [0.2, 0.25) is 5.02 Å². The molecule has 1 atom stereocenters. The molecule has 21 heavy (non-hydrogen) atoms. The van der Waals surface area contributed by atoms with Gasteiger partial charge in [-0.3, -0.25) is 0 Å². The molecule has 0 amide bonds. The minimum atomic E-state index is -1.07. The normalized spacial score (nSPS) is 22.4. The van der Waals surface area contributed by atoms with Crippen LogP contribution in [0.4, 0.5) is 0 Å². The Morgan fingerprint density at radius 2 is 2.10 bits per heavy atom. The number of β-amino-alcohol motifs (C(OH)–C–C–N with tert-alkyl or cyclic N) is 1. The molecule has 1 aliphatic heterocycles. The van der Waals surface area contributed by atoms with Crippen molar-refractivity contribution in [3.05, 3.63) is 34.9 Å². The molecular weight excluding hydrogens is 327 g/mol. The Kier molecular flexibility index (Phi) is 3.99. The van der Waals surface area contributed by atoms with E-state index in [0.717, 1.165) is 18.4 Å². The van der Waals surface area contributed by atoms with Crippen molar-refractivity contribution >= 4 is 46.7 Å². The first-order valence-electron chi connectivity index (χ1n) is 6.90. The summed E-state index contributed by atoms with van der Waals surface area (Å²) in [6.07, 6.45) is 3.77. The van der Waals surface area contributed by atoms with Crippen LogP contribution in [0.1, 0.15) is 18.4 Å². The van der Waals surface area contributed by atoms with Gasteiger partial charge in [-0.25, -0.2) is 4.99 Å². The molecule has 1 heterocycles. The van der Waals surface area contributed by atoms with Gasteiger partial charge in [0.1, 0.15) is 5.60 Å². The molecule has 0 radical (unpaired) electrons. The molecule has 1 aromatic carbocycles. The third-order valence-corrected chi connectivity index (χ3v) is 5.65. The molecule has 6 heteroatoms. The van der Waals surface area contributed by atoms with Crippen LogP contribution in [0.5, 0.6) is 0 Å². The number of aliphatic imine (C=N–C) groups is 1. The lowest BCUT2D eigenvalue weighted by atomic mass is 9.88. The van der Waals surface area contributed by atoms with E-state index in [0.29, 0.717) is 29.6 Å². The molecule has 3 nitrogen and oxygen atoms in total. The van der Waals surface area contributed by atoms with Gasteiger partial charge in [-0.2, -0.15) is 0 Å². The molecule has 0 bridgehead atoms. The van der Waals surface area contributed by atoms with E-state index in [1.807, 2.05) is 29.2 Å². The van der Waals surface area contributed by atoms with Gasteiger partial charge in [0.2, 0.25) is 0 Å². The van der Waals surface area contributed by atoms with Crippen LogP contribution in [-0.2, 0) is 6.42 Å². The zero-order valence-electron chi connectivity index (χ0n) is 11.4. The van der Waals surface area contributed by atoms with Crippen LogP contribution in [-0.4, -0.2) is 44.9 Å². The lowest BCUT2D eigenvalue weighted by Gasteiger charge is -2.37. The van der Waals surface area contributed by atoms with Gasteiger partial charge in [0, 0.05) is 17.7 Å². The predicted molar refractivity (Wildman–Crippen MR) is 90.6 cm³/mol. The highest BCUT2D eigenvalue weighted by Gasteiger charge is 2.58. The summed E-state index contributed by atoms with van der Waals surface area (Å²) in [7, 11) is 0. The van der Waals surface area contributed by atoms with Gasteiger partial charge in [-0.1, -0.05) is 29.8 Å². The topological polar surface area (TPSA) is 35.8 Å². The Labute approximate surface area is 139 Å². The summed E-state index contributed by atoms with van der Waals surface area (Å²) in [5.74, 6) is 0. The molecule has 2 aliphatic rings. The number of nitrogens with zero attached hydrogens (tertiary/aromatic N) is 2. The van der Waals surface area contributed by atoms with Crippen molar-refractivity contribution in [3.63, 3.8) is 0 Å². The number of halogens is 2. The van der Waals surface area contributed by atoms with Crippen LogP contribution >= 0.6 is 35.4 Å². The first kappa shape index (κ1) is 15.2. The van der Waals surface area contributed by atoms with Gasteiger partial charge in [-0.15, -0.1) is 11.6 Å². The second kappa shape index (κ2) is 5.51. The van der Waals surface area contributed by atoms with E-state index in [1.165, 1.54) is 0 Å². The Balaban J connectivity index is 1.84. The predicted octanol–water partition coefficient (Wildman–Crippen LogP) is 3.06. The number of hydrogen-bond donors (Lipinski definition) is 1.